The highest BCUT2D eigenvalue weighted by molar-refractivity contribution is 7.86. The van der Waals surface area contributed by atoms with E-state index < -0.39 is 30.0 Å². The Kier molecular flexibility index (Phi) is 3.72. The van der Waals surface area contributed by atoms with Crippen LogP contribution in [0.3, 0.4) is 0 Å². The van der Waals surface area contributed by atoms with Gasteiger partial charge in [0, 0.05) is 17.5 Å². The van der Waals surface area contributed by atoms with Crippen molar-refractivity contribution in [1.29, 1.82) is 0 Å². The molecule has 1 heterocycles. The molecule has 0 aliphatic carbocycles. The van der Waals surface area contributed by atoms with Crippen molar-refractivity contribution >= 4 is 20.2 Å². The van der Waals surface area contributed by atoms with E-state index in [0.717, 1.165) is 0 Å². The lowest BCUT2D eigenvalue weighted by atomic mass is 9.97. The Balaban J connectivity index is 2.31. The Morgan fingerprint density at radius 2 is 1.17 bits per heavy atom. The third-order valence-corrected chi connectivity index (χ3v) is 5.41. The summed E-state index contributed by atoms with van der Waals surface area (Å²) in [7, 11) is -9.13. The van der Waals surface area contributed by atoms with Gasteiger partial charge in [0.2, 0.25) is 0 Å². The van der Waals surface area contributed by atoms with Crippen LogP contribution in [0.5, 0.6) is 11.5 Å². The van der Waals surface area contributed by atoms with E-state index in [1.165, 1.54) is 12.1 Å². The molecule has 0 saturated heterocycles. The number of hydrogen-bond donors (Lipinski definition) is 2. The molecule has 3 rings (SSSR count). The predicted molar refractivity (Wildman–Crippen MR) is 84.9 cm³/mol. The first-order valence-corrected chi connectivity index (χ1v) is 9.74. The third-order valence-electron chi connectivity index (χ3n) is 3.69. The molecule has 0 unspecified atom stereocenters. The fourth-order valence-electron chi connectivity index (χ4n) is 2.81. The fraction of sp³-hybridized carbons (Fsp3) is 0.200. The maximum Gasteiger partial charge on any atom is 0.298 e. The molecule has 0 atom stereocenters. The smallest absolute Gasteiger partial charge is 0.298 e. The minimum atomic E-state index is -4.56. The molecule has 128 valence electrons. The average Bonchev–Trinajstić information content (AvgIpc) is 2.41. The summed E-state index contributed by atoms with van der Waals surface area (Å²) >= 11 is 0. The third kappa shape index (κ3) is 2.91. The summed E-state index contributed by atoms with van der Waals surface area (Å²) in [5.41, 5.74) is 2.22. The standard InChI is InChI=1S/C15H14O7S2/c1-8-3-10-7-11-4-9(2)6-13(24(19,20)21)15(11)22-14(10)12(5-8)23(16,17)18/h3-6H,7H2,1-2H3,(H,16,17,18)(H,19,20,21). The molecular weight excluding hydrogens is 356 g/mol. The van der Waals surface area contributed by atoms with Crippen molar-refractivity contribution < 1.29 is 30.7 Å². The van der Waals surface area contributed by atoms with Crippen molar-refractivity contribution in [3.8, 4) is 11.5 Å². The molecule has 2 aromatic rings. The topological polar surface area (TPSA) is 118 Å². The van der Waals surface area contributed by atoms with E-state index in [4.69, 9.17) is 4.74 Å². The molecule has 2 N–H and O–H groups in total. The van der Waals surface area contributed by atoms with E-state index in [1.54, 1.807) is 26.0 Å². The SMILES string of the molecule is Cc1cc2c(c(S(=O)(=O)O)c1)Oc1c(cc(C)cc1S(=O)(=O)O)C2. The highest BCUT2D eigenvalue weighted by Gasteiger charge is 2.30. The Bertz CT molecular complexity index is 982. The number of aryl methyl sites for hydroxylation is 2. The molecule has 2 aromatic carbocycles. The summed E-state index contributed by atoms with van der Waals surface area (Å²) in [6, 6.07) is 5.87. The van der Waals surface area contributed by atoms with Gasteiger partial charge in [0.25, 0.3) is 20.2 Å². The number of rotatable bonds is 2. The quantitative estimate of drug-likeness (QED) is 0.665. The largest absolute Gasteiger partial charge is 0.454 e. The van der Waals surface area contributed by atoms with E-state index in [1.807, 2.05) is 0 Å². The maximum absolute atomic E-state index is 11.6. The Morgan fingerprint density at radius 3 is 1.50 bits per heavy atom. The first-order chi connectivity index (χ1) is 11.0. The Morgan fingerprint density at radius 1 is 0.792 bits per heavy atom. The van der Waals surface area contributed by atoms with Gasteiger partial charge in [-0.25, -0.2) is 0 Å². The molecule has 0 spiro atoms. The van der Waals surface area contributed by atoms with Gasteiger partial charge in [-0.15, -0.1) is 0 Å². The molecule has 0 amide bonds. The summed E-state index contributed by atoms with van der Waals surface area (Å²) in [4.78, 5) is -0.880. The van der Waals surface area contributed by atoms with Crippen LogP contribution in [0.2, 0.25) is 0 Å². The second kappa shape index (κ2) is 5.28. The molecule has 9 heteroatoms. The highest BCUT2D eigenvalue weighted by Crippen LogP contribution is 2.44. The van der Waals surface area contributed by atoms with Crippen molar-refractivity contribution in [3.63, 3.8) is 0 Å². The zero-order valence-electron chi connectivity index (χ0n) is 12.8. The predicted octanol–water partition coefficient (Wildman–Crippen LogP) is 2.49. The van der Waals surface area contributed by atoms with Crippen molar-refractivity contribution in [1.82, 2.24) is 0 Å². The lowest BCUT2D eigenvalue weighted by Crippen LogP contribution is -2.13. The van der Waals surface area contributed by atoms with Crippen LogP contribution >= 0.6 is 0 Å². The Labute approximate surface area is 139 Å². The first kappa shape index (κ1) is 16.9. The van der Waals surface area contributed by atoms with E-state index in [9.17, 15) is 25.9 Å². The van der Waals surface area contributed by atoms with Crippen LogP contribution in [-0.4, -0.2) is 25.9 Å². The highest BCUT2D eigenvalue weighted by atomic mass is 32.2. The number of ether oxygens (including phenoxy) is 1. The zero-order valence-corrected chi connectivity index (χ0v) is 14.4. The van der Waals surface area contributed by atoms with Gasteiger partial charge in [0.15, 0.2) is 11.5 Å². The van der Waals surface area contributed by atoms with Gasteiger partial charge in [-0.2, -0.15) is 16.8 Å². The van der Waals surface area contributed by atoms with Crippen LogP contribution in [0.25, 0.3) is 0 Å². The van der Waals surface area contributed by atoms with Crippen molar-refractivity contribution in [2.24, 2.45) is 0 Å². The molecular formula is C15H14O7S2. The molecule has 7 nitrogen and oxygen atoms in total. The molecule has 0 saturated carbocycles. The van der Waals surface area contributed by atoms with Crippen LogP contribution in [0.15, 0.2) is 34.1 Å². The van der Waals surface area contributed by atoms with Crippen molar-refractivity contribution in [2.75, 3.05) is 0 Å². The monoisotopic (exact) mass is 370 g/mol. The van der Waals surface area contributed by atoms with Crippen LogP contribution < -0.4 is 4.74 Å². The molecule has 1 aliphatic heterocycles. The lowest BCUT2D eigenvalue weighted by Gasteiger charge is -2.24. The number of fused-ring (bicyclic) bond motifs is 2. The van der Waals surface area contributed by atoms with E-state index in [2.05, 4.69) is 0 Å². The van der Waals surface area contributed by atoms with Crippen LogP contribution in [0.4, 0.5) is 0 Å². The zero-order chi connectivity index (χ0) is 17.9. The van der Waals surface area contributed by atoms with Crippen molar-refractivity contribution in [3.05, 3.63) is 46.5 Å². The molecule has 24 heavy (non-hydrogen) atoms. The average molecular weight is 370 g/mol. The summed E-state index contributed by atoms with van der Waals surface area (Å²) in [5.74, 6) is -0.270. The molecule has 0 fully saturated rings. The van der Waals surface area contributed by atoms with Gasteiger partial charge in [0.1, 0.15) is 9.79 Å². The Hall–Kier alpha value is -1.94. The second-order valence-electron chi connectivity index (χ2n) is 5.73. The molecule has 0 radical (unpaired) electrons. The van der Waals surface area contributed by atoms with Gasteiger partial charge >= 0.3 is 0 Å². The molecule has 0 aromatic heterocycles. The van der Waals surface area contributed by atoms with Crippen molar-refractivity contribution in [2.45, 2.75) is 30.1 Å². The minimum absolute atomic E-state index is 0.135. The van der Waals surface area contributed by atoms with E-state index in [-0.39, 0.29) is 17.9 Å². The lowest BCUT2D eigenvalue weighted by molar-refractivity contribution is 0.417. The summed E-state index contributed by atoms with van der Waals surface area (Å²) < 4.78 is 70.8. The van der Waals surface area contributed by atoms with Gasteiger partial charge in [0.05, 0.1) is 0 Å². The van der Waals surface area contributed by atoms with Gasteiger partial charge in [-0.1, -0.05) is 12.1 Å². The first-order valence-electron chi connectivity index (χ1n) is 6.86. The van der Waals surface area contributed by atoms with Gasteiger partial charge < -0.3 is 4.74 Å². The van der Waals surface area contributed by atoms with Gasteiger partial charge in [-0.3, -0.25) is 9.11 Å². The maximum atomic E-state index is 11.6. The molecule has 1 aliphatic rings. The van der Waals surface area contributed by atoms with Gasteiger partial charge in [-0.05, 0) is 37.1 Å². The summed E-state index contributed by atoms with van der Waals surface area (Å²) in [6.07, 6.45) is 0.207. The second-order valence-corrected chi connectivity index (χ2v) is 8.51. The van der Waals surface area contributed by atoms with E-state index in [0.29, 0.717) is 22.3 Å². The minimum Gasteiger partial charge on any atom is -0.454 e. The summed E-state index contributed by atoms with van der Waals surface area (Å²) in [6.45, 7) is 3.34. The summed E-state index contributed by atoms with van der Waals surface area (Å²) in [5, 5.41) is 0. The number of hydrogen-bond acceptors (Lipinski definition) is 5. The normalized spacial score (nSPS) is 13.8. The van der Waals surface area contributed by atoms with Crippen LogP contribution in [0.1, 0.15) is 22.3 Å². The van der Waals surface area contributed by atoms with Crippen LogP contribution in [-0.2, 0) is 26.7 Å². The number of benzene rings is 2. The fourth-order valence-corrected chi connectivity index (χ4v) is 4.29. The molecule has 0 bridgehead atoms. The van der Waals surface area contributed by atoms with E-state index >= 15 is 0 Å². The van der Waals surface area contributed by atoms with Crippen LogP contribution in [0, 0.1) is 13.8 Å².